The van der Waals surface area contributed by atoms with Crippen molar-refractivity contribution in [3.05, 3.63) is 48.6 Å². The zero-order valence-electron chi connectivity index (χ0n) is 44.4. The van der Waals surface area contributed by atoms with E-state index in [0.29, 0.717) is 12.8 Å². The van der Waals surface area contributed by atoms with Crippen LogP contribution in [-0.4, -0.2) is 162 Å². The lowest BCUT2D eigenvalue weighted by atomic mass is 9.76. The van der Waals surface area contributed by atoms with Gasteiger partial charge in [0.2, 0.25) is 0 Å². The van der Waals surface area contributed by atoms with Crippen molar-refractivity contribution in [3.63, 3.8) is 0 Å². The normalized spacial score (nSPS) is 46.1. The highest BCUT2D eigenvalue weighted by Gasteiger charge is 2.54. The van der Waals surface area contributed by atoms with E-state index in [1.54, 1.807) is 79.7 Å². The van der Waals surface area contributed by atoms with Crippen molar-refractivity contribution >= 4 is 11.9 Å². The molecule has 26 atom stereocenters. The lowest BCUT2D eigenvalue weighted by molar-refractivity contribution is -0.345. The minimum Gasteiger partial charge on any atom is -0.458 e. The van der Waals surface area contributed by atoms with Crippen molar-refractivity contribution in [3.8, 4) is 0 Å². The Bertz CT molecular complexity index is 1710. The molecule has 0 radical (unpaired) electrons. The number of cyclic esters (lactones) is 2. The molecular weight excluding hydrogens is 937 g/mol. The fourth-order valence-electron chi connectivity index (χ4n) is 11.6. The van der Waals surface area contributed by atoms with E-state index in [1.807, 2.05) is 27.7 Å². The fourth-order valence-corrected chi connectivity index (χ4v) is 11.6. The number of allylic oxidation sites excluding steroid dienone is 4. The minimum absolute atomic E-state index is 0.0264. The van der Waals surface area contributed by atoms with E-state index >= 15 is 0 Å². The number of esters is 2. The summed E-state index contributed by atoms with van der Waals surface area (Å²) in [6.07, 6.45) is -0.317. The molecule has 1 unspecified atom stereocenters. The molecule has 4 fully saturated rings. The molecular formula is C54H88O18. The summed E-state index contributed by atoms with van der Waals surface area (Å²) in [6.45, 7) is 21.3. The maximum atomic E-state index is 13.5. The Morgan fingerprint density at radius 3 is 1.25 bits per heavy atom. The Morgan fingerprint density at radius 2 is 0.931 bits per heavy atom. The quantitative estimate of drug-likeness (QED) is 0.114. The average molecular weight is 1030 g/mol. The Hall–Kier alpha value is -2.66. The monoisotopic (exact) mass is 1020 g/mol. The molecule has 0 bridgehead atoms. The Kier molecular flexibility index (Phi) is 21.7. The number of carbonyl (C=O) groups excluding carboxylic acids is 2. The van der Waals surface area contributed by atoms with Gasteiger partial charge in [0.1, 0.15) is 24.4 Å². The molecule has 18 nitrogen and oxygen atoms in total. The average Bonchev–Trinajstić information content (AvgIpc) is 3.31. The molecule has 0 aliphatic carbocycles. The zero-order chi connectivity index (χ0) is 53.6. The molecule has 5 rings (SSSR count). The first-order valence-corrected chi connectivity index (χ1v) is 26.4. The van der Waals surface area contributed by atoms with E-state index in [-0.39, 0.29) is 37.5 Å². The van der Waals surface area contributed by atoms with Crippen LogP contribution in [0.25, 0.3) is 0 Å². The third kappa shape index (κ3) is 14.4. The van der Waals surface area contributed by atoms with Crippen LogP contribution in [0.15, 0.2) is 48.6 Å². The standard InChI is InChI=1S/C54H88O18/c1-13-37-33(9)71-53(63,25-41(37)67-45-23-39(55)49(61)35(11)65-45)31(7)47(59)29(5)51-27(3)19-15-17-22-44(58)70-52(28(4)20-16-18-21-43(57)69-51)30(6)48(60)32(8)54(64)26-42(38(14-2)34(10)72-54)68-46-24-40(56)50(62)36(12)66-46/h15-22,27-42,45-52,55-56,59-64H,13-14,23-26H2,1-12H3/b19-15+,20-16+,21-18+,22-17+/t27-,28?,29-,30-,31-,32-,33+,34+,35-,36-,37+,38+,39-,40-,41+,42+,45-,46-,47+,48+,49+,50+,51-,52-,53+,54+/m0/s1. The summed E-state index contributed by atoms with van der Waals surface area (Å²) in [7, 11) is 0. The van der Waals surface area contributed by atoms with Gasteiger partial charge in [-0.25, -0.2) is 9.59 Å². The molecule has 0 saturated carbocycles. The number of rotatable bonds is 14. The zero-order valence-corrected chi connectivity index (χ0v) is 44.4. The highest BCUT2D eigenvalue weighted by atomic mass is 16.7. The second kappa shape index (κ2) is 25.9. The van der Waals surface area contributed by atoms with E-state index in [4.69, 9.17) is 37.9 Å². The lowest BCUT2D eigenvalue weighted by Crippen LogP contribution is -2.59. The Balaban J connectivity index is 1.28. The number of hydrogen-bond acceptors (Lipinski definition) is 18. The minimum atomic E-state index is -1.88. The van der Waals surface area contributed by atoms with Crippen molar-refractivity contribution in [2.24, 2.45) is 47.3 Å². The second-order valence-electron chi connectivity index (χ2n) is 21.7. The molecule has 18 heteroatoms. The lowest BCUT2D eigenvalue weighted by Gasteiger charge is -2.50. The van der Waals surface area contributed by atoms with Gasteiger partial charge in [-0.1, -0.05) is 91.8 Å². The topological polar surface area (TPSA) is 270 Å². The smallest absolute Gasteiger partial charge is 0.331 e. The molecule has 4 saturated heterocycles. The van der Waals surface area contributed by atoms with E-state index < -0.39 is 157 Å². The molecule has 72 heavy (non-hydrogen) atoms. The first kappa shape index (κ1) is 60.2. The van der Waals surface area contributed by atoms with Crippen LogP contribution in [0.3, 0.4) is 0 Å². The SMILES string of the molecule is CC[C@@H]1[C@@H](C)O[C@@](O)([C@@H](C)[C@H](O)[C@H](C)[C@H]2OC(=O)/C=C/C=C/C(C)[C@@H]([C@@H](C)[C@@H](O)[C@H](C)[C@@]3(O)C[C@@H](O[C@H]4C[C@H](O)[C@H](O)[C@H](C)O4)[C@H](CC)[C@@H](C)O3)OC(=O)/C=C/C=C/[C@@H]2C)C[C@H]1O[C@H]1C[C@H](O)[C@H](O)[C@H](C)O1. The number of aliphatic hydroxyl groups excluding tert-OH is 6. The van der Waals surface area contributed by atoms with Gasteiger partial charge in [0.25, 0.3) is 0 Å². The van der Waals surface area contributed by atoms with Gasteiger partial charge in [0, 0.05) is 85.2 Å². The summed E-state index contributed by atoms with van der Waals surface area (Å²) in [5.41, 5.74) is 0. The fraction of sp³-hybridized carbons (Fsp3) is 0.815. The maximum absolute atomic E-state index is 13.5. The molecule has 5 aliphatic rings. The van der Waals surface area contributed by atoms with Crippen molar-refractivity contribution in [2.75, 3.05) is 0 Å². The number of carbonyl (C=O) groups is 2. The second-order valence-corrected chi connectivity index (χ2v) is 21.7. The van der Waals surface area contributed by atoms with Crippen molar-refractivity contribution in [1.82, 2.24) is 0 Å². The summed E-state index contributed by atoms with van der Waals surface area (Å²) < 4.78 is 49.1. The molecule has 0 spiro atoms. The van der Waals surface area contributed by atoms with Crippen LogP contribution < -0.4 is 0 Å². The van der Waals surface area contributed by atoms with Gasteiger partial charge >= 0.3 is 11.9 Å². The molecule has 5 heterocycles. The molecule has 0 aromatic heterocycles. The predicted octanol–water partition coefficient (Wildman–Crippen LogP) is 4.12. The molecule has 8 N–H and O–H groups in total. The summed E-state index contributed by atoms with van der Waals surface area (Å²) in [4.78, 5) is 27.0. The van der Waals surface area contributed by atoms with Gasteiger partial charge in [-0.15, -0.1) is 0 Å². The molecule has 412 valence electrons. The number of aliphatic hydroxyl groups is 8. The summed E-state index contributed by atoms with van der Waals surface area (Å²) in [6, 6.07) is 0. The summed E-state index contributed by atoms with van der Waals surface area (Å²) >= 11 is 0. The molecule has 5 aliphatic heterocycles. The van der Waals surface area contributed by atoms with E-state index in [9.17, 15) is 50.4 Å². The molecule has 0 aromatic carbocycles. The van der Waals surface area contributed by atoms with Gasteiger partial charge in [0.15, 0.2) is 24.2 Å². The number of hydrogen-bond donors (Lipinski definition) is 8. The van der Waals surface area contributed by atoms with E-state index in [0.717, 1.165) is 0 Å². The van der Waals surface area contributed by atoms with Crippen LogP contribution in [0.5, 0.6) is 0 Å². The van der Waals surface area contributed by atoms with Gasteiger partial charge in [0.05, 0.1) is 61.0 Å². The Morgan fingerprint density at radius 1 is 0.583 bits per heavy atom. The van der Waals surface area contributed by atoms with Crippen molar-refractivity contribution in [1.29, 1.82) is 0 Å². The van der Waals surface area contributed by atoms with Crippen LogP contribution in [0.2, 0.25) is 0 Å². The van der Waals surface area contributed by atoms with Crippen molar-refractivity contribution in [2.45, 2.75) is 231 Å². The molecule has 0 aromatic rings. The highest BCUT2D eigenvalue weighted by Crippen LogP contribution is 2.45. The molecule has 0 amide bonds. The van der Waals surface area contributed by atoms with E-state index in [2.05, 4.69) is 0 Å². The first-order chi connectivity index (χ1) is 33.7. The van der Waals surface area contributed by atoms with Gasteiger partial charge in [-0.2, -0.15) is 0 Å². The third-order valence-electron chi connectivity index (χ3n) is 16.5. The van der Waals surface area contributed by atoms with E-state index in [1.165, 1.54) is 24.3 Å². The Labute approximate surface area is 426 Å². The van der Waals surface area contributed by atoms with Crippen molar-refractivity contribution < 1.29 is 88.3 Å². The highest BCUT2D eigenvalue weighted by molar-refractivity contribution is 5.83. The summed E-state index contributed by atoms with van der Waals surface area (Å²) in [5, 5.41) is 89.6. The van der Waals surface area contributed by atoms with Crippen LogP contribution in [0.1, 0.15) is 122 Å². The largest absolute Gasteiger partial charge is 0.458 e. The predicted molar refractivity (Wildman–Crippen MR) is 263 cm³/mol. The van der Waals surface area contributed by atoms with Crippen LogP contribution >= 0.6 is 0 Å². The maximum Gasteiger partial charge on any atom is 0.331 e. The van der Waals surface area contributed by atoms with Crippen LogP contribution in [0.4, 0.5) is 0 Å². The van der Waals surface area contributed by atoms with Gasteiger partial charge in [-0.3, -0.25) is 0 Å². The summed E-state index contributed by atoms with van der Waals surface area (Å²) in [5.74, 6) is -9.84. The van der Waals surface area contributed by atoms with Crippen LogP contribution in [0, 0.1) is 47.3 Å². The van der Waals surface area contributed by atoms with Gasteiger partial charge < -0.3 is 78.7 Å². The van der Waals surface area contributed by atoms with Gasteiger partial charge in [-0.05, 0) is 40.5 Å². The van der Waals surface area contributed by atoms with Crippen LogP contribution in [-0.2, 0) is 47.5 Å². The number of ether oxygens (including phenoxy) is 8. The third-order valence-corrected chi connectivity index (χ3v) is 16.5. The first-order valence-electron chi connectivity index (χ1n) is 26.4.